The van der Waals surface area contributed by atoms with Crippen LogP contribution in [0.25, 0.3) is 10.2 Å². The number of benzene rings is 1. The second-order valence-corrected chi connectivity index (χ2v) is 7.99. The molecule has 1 heterocycles. The lowest BCUT2D eigenvalue weighted by atomic mass is 10.1. The summed E-state index contributed by atoms with van der Waals surface area (Å²) in [5, 5.41) is 9.94. The molecule has 2 rings (SSSR count). The smallest absolute Gasteiger partial charge is 0.322 e. The van der Waals surface area contributed by atoms with Crippen LogP contribution in [0.15, 0.2) is 23.1 Å². The summed E-state index contributed by atoms with van der Waals surface area (Å²) in [6.07, 6.45) is 0. The van der Waals surface area contributed by atoms with Gasteiger partial charge in [-0.15, -0.1) is 11.3 Å². The highest BCUT2D eigenvalue weighted by Gasteiger charge is 2.28. The molecule has 1 aromatic heterocycles. The summed E-state index contributed by atoms with van der Waals surface area (Å²) in [7, 11) is -3.88. The maximum absolute atomic E-state index is 12.3. The fourth-order valence-electron chi connectivity index (χ4n) is 1.89. The molecule has 1 aromatic carbocycles. The van der Waals surface area contributed by atoms with E-state index in [2.05, 4.69) is 9.71 Å². The van der Waals surface area contributed by atoms with Crippen molar-refractivity contribution in [1.29, 1.82) is 0 Å². The van der Waals surface area contributed by atoms with Gasteiger partial charge in [-0.25, -0.2) is 13.4 Å². The lowest BCUT2D eigenvalue weighted by molar-refractivity contribution is -0.140. The highest BCUT2D eigenvalue weighted by atomic mass is 32.2. The molecule has 0 fully saturated rings. The number of aromatic nitrogens is 1. The molecule has 0 amide bonds. The summed E-state index contributed by atoms with van der Waals surface area (Å²) in [6.45, 7) is 5.14. The van der Waals surface area contributed by atoms with Gasteiger partial charge in [0.25, 0.3) is 0 Å². The van der Waals surface area contributed by atoms with Crippen LogP contribution < -0.4 is 4.72 Å². The van der Waals surface area contributed by atoms with Gasteiger partial charge >= 0.3 is 5.97 Å². The molecule has 0 saturated heterocycles. The molecule has 114 valence electrons. The van der Waals surface area contributed by atoms with E-state index in [0.29, 0.717) is 0 Å². The Labute approximate surface area is 126 Å². The standard InChI is InChI=1S/C13H16N2O4S2/c1-7(2)12(13(16)17)15-21(18,19)9-4-5-10-11(6-9)20-8(3)14-10/h4-7,12,15H,1-3H3,(H,16,17). The van der Waals surface area contributed by atoms with Crippen LogP contribution >= 0.6 is 11.3 Å². The van der Waals surface area contributed by atoms with Crippen molar-refractivity contribution in [3.8, 4) is 0 Å². The van der Waals surface area contributed by atoms with E-state index in [4.69, 9.17) is 5.11 Å². The van der Waals surface area contributed by atoms with Gasteiger partial charge in [0.15, 0.2) is 0 Å². The van der Waals surface area contributed by atoms with Gasteiger partial charge in [0.05, 0.1) is 20.1 Å². The summed E-state index contributed by atoms with van der Waals surface area (Å²) in [4.78, 5) is 15.4. The van der Waals surface area contributed by atoms with Gasteiger partial charge in [-0.3, -0.25) is 4.79 Å². The zero-order valence-electron chi connectivity index (χ0n) is 11.8. The average Bonchev–Trinajstić information content (AvgIpc) is 2.74. The third-order valence-electron chi connectivity index (χ3n) is 2.99. The lowest BCUT2D eigenvalue weighted by Crippen LogP contribution is -2.44. The summed E-state index contributed by atoms with van der Waals surface area (Å²) in [6, 6.07) is 3.41. The number of sulfonamides is 1. The van der Waals surface area contributed by atoms with Crippen molar-refractivity contribution in [3.05, 3.63) is 23.2 Å². The van der Waals surface area contributed by atoms with Crippen molar-refractivity contribution >= 4 is 37.5 Å². The fourth-order valence-corrected chi connectivity index (χ4v) is 4.20. The van der Waals surface area contributed by atoms with E-state index < -0.39 is 22.0 Å². The van der Waals surface area contributed by atoms with Gasteiger partial charge < -0.3 is 5.11 Å². The highest BCUT2D eigenvalue weighted by molar-refractivity contribution is 7.89. The van der Waals surface area contributed by atoms with Crippen molar-refractivity contribution in [2.75, 3.05) is 0 Å². The Morgan fingerprint density at radius 3 is 2.62 bits per heavy atom. The predicted octanol–water partition coefficient (Wildman–Crippen LogP) is 1.99. The molecule has 0 radical (unpaired) electrons. The van der Waals surface area contributed by atoms with Gasteiger partial charge in [0.1, 0.15) is 6.04 Å². The number of aryl methyl sites for hydroxylation is 1. The molecular formula is C13H16N2O4S2. The second-order valence-electron chi connectivity index (χ2n) is 5.04. The van der Waals surface area contributed by atoms with Crippen LogP contribution in [0.2, 0.25) is 0 Å². The van der Waals surface area contributed by atoms with Crippen LogP contribution in [-0.4, -0.2) is 30.5 Å². The number of fused-ring (bicyclic) bond motifs is 1. The maximum atomic E-state index is 12.3. The molecule has 2 N–H and O–H groups in total. The third-order valence-corrected chi connectivity index (χ3v) is 5.36. The Balaban J connectivity index is 2.38. The number of hydrogen-bond donors (Lipinski definition) is 2. The molecule has 21 heavy (non-hydrogen) atoms. The first kappa shape index (κ1) is 15.9. The van der Waals surface area contributed by atoms with Gasteiger partial charge in [-0.2, -0.15) is 4.72 Å². The predicted molar refractivity (Wildman–Crippen MR) is 80.9 cm³/mol. The molecule has 0 spiro atoms. The monoisotopic (exact) mass is 328 g/mol. The van der Waals surface area contributed by atoms with E-state index in [1.807, 2.05) is 6.92 Å². The van der Waals surface area contributed by atoms with Crippen molar-refractivity contribution in [1.82, 2.24) is 9.71 Å². The van der Waals surface area contributed by atoms with E-state index in [1.54, 1.807) is 19.9 Å². The SMILES string of the molecule is Cc1nc2ccc(S(=O)(=O)NC(C(=O)O)C(C)C)cc2s1. The molecule has 0 aliphatic rings. The van der Waals surface area contributed by atoms with Gasteiger partial charge in [-0.05, 0) is 31.0 Å². The Morgan fingerprint density at radius 1 is 1.38 bits per heavy atom. The van der Waals surface area contributed by atoms with Crippen LogP contribution in [0.5, 0.6) is 0 Å². The van der Waals surface area contributed by atoms with Crippen molar-refractivity contribution in [2.45, 2.75) is 31.7 Å². The number of thiazole rings is 1. The molecular weight excluding hydrogens is 312 g/mol. The van der Waals surface area contributed by atoms with Crippen molar-refractivity contribution < 1.29 is 18.3 Å². The zero-order valence-corrected chi connectivity index (χ0v) is 13.5. The fraction of sp³-hybridized carbons (Fsp3) is 0.385. The van der Waals surface area contributed by atoms with Crippen LogP contribution in [0.3, 0.4) is 0 Å². The topological polar surface area (TPSA) is 96.4 Å². The lowest BCUT2D eigenvalue weighted by Gasteiger charge is -2.17. The molecule has 6 nitrogen and oxygen atoms in total. The first-order chi connectivity index (χ1) is 9.70. The molecule has 0 bridgehead atoms. The Kier molecular flexibility index (Phi) is 4.31. The number of hydrogen-bond acceptors (Lipinski definition) is 5. The van der Waals surface area contributed by atoms with Crippen LogP contribution in [0.4, 0.5) is 0 Å². The van der Waals surface area contributed by atoms with E-state index in [-0.39, 0.29) is 10.8 Å². The van der Waals surface area contributed by atoms with Crippen LogP contribution in [-0.2, 0) is 14.8 Å². The third kappa shape index (κ3) is 3.39. The second kappa shape index (κ2) is 5.70. The number of nitrogens with one attached hydrogen (secondary N) is 1. The summed E-state index contributed by atoms with van der Waals surface area (Å²) < 4.78 is 27.6. The minimum Gasteiger partial charge on any atom is -0.480 e. The molecule has 1 atom stereocenters. The zero-order chi connectivity index (χ0) is 15.8. The normalized spacial score (nSPS) is 13.7. The summed E-state index contributed by atoms with van der Waals surface area (Å²) >= 11 is 1.39. The summed E-state index contributed by atoms with van der Waals surface area (Å²) in [5.41, 5.74) is 0.732. The van der Waals surface area contributed by atoms with Gasteiger partial charge in [0, 0.05) is 0 Å². The number of carbonyl (C=O) groups is 1. The minimum absolute atomic E-state index is 0.0468. The molecule has 0 saturated carbocycles. The first-order valence-corrected chi connectivity index (χ1v) is 8.63. The number of carboxylic acids is 1. The van der Waals surface area contributed by atoms with E-state index in [0.717, 1.165) is 15.2 Å². The quantitative estimate of drug-likeness (QED) is 0.875. The molecule has 0 aliphatic carbocycles. The highest BCUT2D eigenvalue weighted by Crippen LogP contribution is 2.24. The molecule has 2 aromatic rings. The Bertz CT molecular complexity index is 781. The van der Waals surface area contributed by atoms with Crippen molar-refractivity contribution in [3.63, 3.8) is 0 Å². The number of rotatable bonds is 5. The Morgan fingerprint density at radius 2 is 2.05 bits per heavy atom. The largest absolute Gasteiger partial charge is 0.480 e. The first-order valence-electron chi connectivity index (χ1n) is 6.33. The molecule has 8 heteroatoms. The van der Waals surface area contributed by atoms with Crippen LogP contribution in [0.1, 0.15) is 18.9 Å². The summed E-state index contributed by atoms with van der Waals surface area (Å²) in [5.74, 6) is -1.55. The van der Waals surface area contributed by atoms with E-state index in [1.165, 1.54) is 23.5 Å². The van der Waals surface area contributed by atoms with Crippen LogP contribution in [0, 0.1) is 12.8 Å². The molecule has 1 unspecified atom stereocenters. The Hall–Kier alpha value is -1.51. The van der Waals surface area contributed by atoms with E-state index >= 15 is 0 Å². The molecule has 0 aliphatic heterocycles. The number of nitrogens with zero attached hydrogens (tertiary/aromatic N) is 1. The van der Waals surface area contributed by atoms with Gasteiger partial charge in [-0.1, -0.05) is 13.8 Å². The maximum Gasteiger partial charge on any atom is 0.322 e. The van der Waals surface area contributed by atoms with E-state index in [9.17, 15) is 13.2 Å². The number of carboxylic acid groups (broad SMARTS) is 1. The van der Waals surface area contributed by atoms with Gasteiger partial charge in [0.2, 0.25) is 10.0 Å². The average molecular weight is 328 g/mol. The number of aliphatic carboxylic acids is 1. The minimum atomic E-state index is -3.88. The van der Waals surface area contributed by atoms with Crippen molar-refractivity contribution in [2.24, 2.45) is 5.92 Å².